The molecule has 1 amide bonds. The molecule has 0 aliphatic rings. The van der Waals surface area contributed by atoms with Crippen molar-refractivity contribution in [1.82, 2.24) is 5.32 Å². The number of carbonyl (C=O) groups excluding carboxylic acids is 1. The molecular weight excluding hydrogens is 219 g/mol. The molecule has 0 saturated heterocycles. The van der Waals surface area contributed by atoms with Gasteiger partial charge in [-0.1, -0.05) is 0 Å². The van der Waals surface area contributed by atoms with E-state index in [1.54, 1.807) is 18.8 Å². The highest BCUT2D eigenvalue weighted by Crippen LogP contribution is 2.05. The Morgan fingerprint density at radius 3 is 2.79 bits per heavy atom. The van der Waals surface area contributed by atoms with Crippen molar-refractivity contribution in [3.63, 3.8) is 0 Å². The topological polar surface area (TPSA) is 73.2 Å². The van der Waals surface area contributed by atoms with Gasteiger partial charge in [-0.15, -0.1) is 0 Å². The number of hydrogen-bond acceptors (Lipinski definition) is 4. The zero-order valence-electron chi connectivity index (χ0n) is 9.45. The smallest absolute Gasteiger partial charge is 0.220 e. The first kappa shape index (κ1) is 13.9. The van der Waals surface area contributed by atoms with Crippen molar-refractivity contribution in [2.45, 2.75) is 19.3 Å². The summed E-state index contributed by atoms with van der Waals surface area (Å²) in [5.74, 6) is 2.02. The monoisotopic (exact) mass is 239 g/mol. The first-order valence-electron chi connectivity index (χ1n) is 4.87. The standard InChI is InChI=1S/C8H17NO2S.H2NP/c1-9-8(11)4-7-12-6-3-2-5-10;1-2/h10H,2-7H2,1H3,(H,9,11);1-2H/i/hD. The molecule has 0 aromatic heterocycles. The van der Waals surface area contributed by atoms with Crippen LogP contribution in [0.3, 0.4) is 0 Å². The fourth-order valence-electron chi connectivity index (χ4n) is 0.708. The van der Waals surface area contributed by atoms with Gasteiger partial charge in [0.25, 0.3) is 0 Å². The van der Waals surface area contributed by atoms with E-state index < -0.39 is 0 Å². The minimum atomic E-state index is 0.102. The van der Waals surface area contributed by atoms with E-state index >= 15 is 0 Å². The summed E-state index contributed by atoms with van der Waals surface area (Å²) in [6.07, 6.45) is 2.50. The Morgan fingerprint density at radius 1 is 1.64 bits per heavy atom. The maximum Gasteiger partial charge on any atom is 0.220 e. The number of hydrogen-bond donors (Lipinski definition) is 3. The van der Waals surface area contributed by atoms with Crippen LogP contribution < -0.4 is 5.32 Å². The van der Waals surface area contributed by atoms with Gasteiger partial charge in [-0.3, -0.25) is 9.95 Å². The molecule has 3 N–H and O–H groups in total. The molecule has 0 spiro atoms. The van der Waals surface area contributed by atoms with Gasteiger partial charge in [-0.25, -0.2) is 0 Å². The summed E-state index contributed by atoms with van der Waals surface area (Å²) < 4.78 is 5.75. The largest absolute Gasteiger partial charge is 0.396 e. The lowest BCUT2D eigenvalue weighted by molar-refractivity contribution is -0.120. The molecule has 0 aliphatic carbocycles. The summed E-state index contributed by atoms with van der Waals surface area (Å²) in [7, 11) is 4.13. The molecule has 0 unspecified atom stereocenters. The second-order valence-electron chi connectivity index (χ2n) is 2.47. The van der Waals surface area contributed by atoms with E-state index in [1.165, 1.54) is 0 Å². The number of thioether (sulfide) groups is 1. The molecule has 0 radical (unpaired) electrons. The fourth-order valence-corrected chi connectivity index (χ4v) is 1.65. The quantitative estimate of drug-likeness (QED) is 0.466. The minimum absolute atomic E-state index is 0.102. The third kappa shape index (κ3) is 14.4. The van der Waals surface area contributed by atoms with Crippen molar-refractivity contribution >= 4 is 26.7 Å². The zero-order chi connectivity index (χ0) is 11.9. The lowest BCUT2D eigenvalue weighted by Crippen LogP contribution is -2.17. The number of amides is 1. The van der Waals surface area contributed by atoms with Crippen LogP contribution in [0.1, 0.15) is 19.3 Å². The molecule has 0 aromatic rings. The van der Waals surface area contributed by atoms with E-state index in [-0.39, 0.29) is 12.5 Å². The van der Waals surface area contributed by atoms with Gasteiger partial charge in [0, 0.05) is 25.8 Å². The molecule has 84 valence electrons. The molecule has 0 heterocycles. The maximum absolute atomic E-state index is 10.7. The normalized spacial score (nSPS) is 9.43. The van der Waals surface area contributed by atoms with Crippen molar-refractivity contribution in [1.29, 1.82) is 5.15 Å². The molecule has 0 aliphatic heterocycles. The van der Waals surface area contributed by atoms with Crippen molar-refractivity contribution in [2.24, 2.45) is 0 Å². The Balaban J connectivity index is 0. The van der Waals surface area contributed by atoms with Gasteiger partial charge < -0.3 is 10.4 Å². The number of aliphatic hydroxyl groups is 1. The summed E-state index contributed by atoms with van der Waals surface area (Å²) in [5.41, 5.74) is 0. The van der Waals surface area contributed by atoms with Crippen LogP contribution in [0, 0.1) is 5.15 Å². The summed E-state index contributed by atoms with van der Waals surface area (Å²) in [6.45, 7) is 0.274. The molecule has 14 heavy (non-hydrogen) atoms. The van der Waals surface area contributed by atoms with Gasteiger partial charge in [-0.2, -0.15) is 11.8 Å². The highest BCUT2D eigenvalue weighted by molar-refractivity contribution is 7.99. The minimum Gasteiger partial charge on any atom is -0.396 e. The average Bonchev–Trinajstić information content (AvgIpc) is 2.24. The Bertz CT molecular complexity index is 164. The number of nitrogens with one attached hydrogen (secondary N) is 2. The Kier molecular flexibility index (Phi) is 15.2. The van der Waals surface area contributed by atoms with Crippen LogP contribution in [0.25, 0.3) is 0 Å². The molecular formula is C8H19N2O2PS. The molecule has 6 heteroatoms. The Labute approximate surface area is 93.4 Å². The third-order valence-electron chi connectivity index (χ3n) is 1.45. The van der Waals surface area contributed by atoms with Crippen LogP contribution in [0.4, 0.5) is 0 Å². The van der Waals surface area contributed by atoms with Gasteiger partial charge in [-0.05, 0) is 27.6 Å². The van der Waals surface area contributed by atoms with Crippen LogP contribution >= 0.6 is 20.8 Å². The molecule has 0 rings (SSSR count). The summed E-state index contributed by atoms with van der Waals surface area (Å²) in [6, 6.07) is 0. The second kappa shape index (κ2) is 15.4. The van der Waals surface area contributed by atoms with Gasteiger partial charge in [0.2, 0.25) is 5.91 Å². The van der Waals surface area contributed by atoms with Crippen LogP contribution in [0.2, 0.25) is 1.41 Å². The first-order chi connectivity index (χ1) is 7.22. The van der Waals surface area contributed by atoms with E-state index in [0.29, 0.717) is 6.42 Å². The second-order valence-corrected chi connectivity index (χ2v) is 3.69. The third-order valence-corrected chi connectivity index (χ3v) is 2.52. The highest BCUT2D eigenvalue weighted by atomic mass is 32.2. The van der Waals surface area contributed by atoms with Crippen LogP contribution in [0.5, 0.6) is 0 Å². The Morgan fingerprint density at radius 2 is 2.29 bits per heavy atom. The summed E-state index contributed by atoms with van der Waals surface area (Å²) in [4.78, 5) is 10.7. The van der Waals surface area contributed by atoms with Gasteiger partial charge in [0.05, 0.1) is 0 Å². The summed E-state index contributed by atoms with van der Waals surface area (Å²) >= 11 is 1.76. The van der Waals surface area contributed by atoms with Crippen LogP contribution in [0.15, 0.2) is 0 Å². The number of unbranched alkanes of at least 4 members (excludes halogenated alkanes) is 1. The number of aliphatic hydroxyl groups excluding tert-OH is 1. The Hall–Kier alpha value is -0.120. The molecule has 0 bridgehead atoms. The molecule has 4 nitrogen and oxygen atoms in total. The van der Waals surface area contributed by atoms with Gasteiger partial charge in [0.15, 0.2) is 1.41 Å². The van der Waals surface area contributed by atoms with Crippen molar-refractivity contribution in [3.8, 4) is 0 Å². The van der Waals surface area contributed by atoms with Crippen molar-refractivity contribution in [2.75, 3.05) is 25.2 Å². The first-order valence-corrected chi connectivity index (χ1v) is 6.03. The van der Waals surface area contributed by atoms with Crippen LogP contribution in [-0.2, 0) is 4.79 Å². The van der Waals surface area contributed by atoms with Gasteiger partial charge in [0.1, 0.15) is 0 Å². The number of carbonyl (C=O) groups is 1. The highest BCUT2D eigenvalue weighted by Gasteiger charge is 1.96. The lowest BCUT2D eigenvalue weighted by Gasteiger charge is -1.99. The predicted molar refractivity (Wildman–Crippen MR) is 63.4 cm³/mol. The van der Waals surface area contributed by atoms with Crippen LogP contribution in [-0.4, -0.2) is 36.2 Å². The van der Waals surface area contributed by atoms with E-state index in [2.05, 4.69) is 19.5 Å². The molecule has 0 saturated carbocycles. The SMILES string of the molecule is CNC(=O)CCSCCCCO.[2H]N=P. The van der Waals surface area contributed by atoms with E-state index in [4.69, 9.17) is 6.52 Å². The lowest BCUT2D eigenvalue weighted by atomic mass is 10.4. The average molecular weight is 239 g/mol. The van der Waals surface area contributed by atoms with Crippen molar-refractivity contribution < 1.29 is 11.3 Å². The predicted octanol–water partition coefficient (Wildman–Crippen LogP) is 1.52. The van der Waals surface area contributed by atoms with E-state index in [1.807, 2.05) is 0 Å². The molecule has 0 fully saturated rings. The summed E-state index contributed by atoms with van der Waals surface area (Å²) in [5, 5.41) is 13.6. The number of rotatable bonds is 7. The van der Waals surface area contributed by atoms with E-state index in [0.717, 1.165) is 24.3 Å². The fraction of sp³-hybridized carbons (Fsp3) is 0.875. The maximum atomic E-state index is 10.7. The van der Waals surface area contributed by atoms with Crippen molar-refractivity contribution in [3.05, 3.63) is 0 Å². The van der Waals surface area contributed by atoms with Gasteiger partial charge >= 0.3 is 0 Å². The van der Waals surface area contributed by atoms with E-state index in [9.17, 15) is 4.79 Å². The zero-order valence-corrected chi connectivity index (χ0v) is 10.3. The molecule has 0 atom stereocenters. The molecule has 0 aromatic carbocycles.